The Kier molecular flexibility index (Phi) is 3.99. The first kappa shape index (κ1) is 15.1. The Bertz CT molecular complexity index is 435. The van der Waals surface area contributed by atoms with E-state index >= 15 is 0 Å². The molecule has 1 aliphatic carbocycles. The number of hydrogen-bond donors (Lipinski definition) is 1. The van der Waals surface area contributed by atoms with Crippen molar-refractivity contribution in [3.8, 4) is 0 Å². The quantitative estimate of drug-likeness (QED) is 0.849. The second kappa shape index (κ2) is 5.27. The van der Waals surface area contributed by atoms with Crippen molar-refractivity contribution in [2.45, 2.75) is 43.6 Å². The lowest BCUT2D eigenvalue weighted by atomic mass is 10.1. The molecule has 0 spiro atoms. The standard InChI is InChI=1S/C11H12F6N2O/c12-10(13,14)9(11(15,16)17)7-5-19-8(20-7)3-4-18-6-1-2-6/h5-6,9,18H,1-4H2. The normalized spacial score (nSPS) is 16.9. The number of hydrogen-bond acceptors (Lipinski definition) is 3. The Morgan fingerprint density at radius 1 is 1.20 bits per heavy atom. The SMILES string of the molecule is FC(F)(F)C(c1cnc(CCNC2CC2)o1)C(F)(F)F. The molecule has 1 heterocycles. The van der Waals surface area contributed by atoms with Crippen LogP contribution in [0.4, 0.5) is 26.3 Å². The molecule has 0 aromatic carbocycles. The van der Waals surface area contributed by atoms with E-state index in [2.05, 4.69) is 14.7 Å². The van der Waals surface area contributed by atoms with Gasteiger partial charge in [0.2, 0.25) is 5.92 Å². The molecule has 1 N–H and O–H groups in total. The van der Waals surface area contributed by atoms with Gasteiger partial charge in [0.05, 0.1) is 6.20 Å². The van der Waals surface area contributed by atoms with Gasteiger partial charge in [0.25, 0.3) is 0 Å². The van der Waals surface area contributed by atoms with Crippen LogP contribution in [0, 0.1) is 0 Å². The van der Waals surface area contributed by atoms with Crippen LogP contribution in [0.2, 0.25) is 0 Å². The zero-order valence-electron chi connectivity index (χ0n) is 10.2. The summed E-state index contributed by atoms with van der Waals surface area (Å²) in [6.45, 7) is 0.410. The molecule has 0 unspecified atom stereocenters. The smallest absolute Gasteiger partial charge is 0.407 e. The van der Waals surface area contributed by atoms with Crippen molar-refractivity contribution in [1.82, 2.24) is 10.3 Å². The van der Waals surface area contributed by atoms with Crippen LogP contribution < -0.4 is 5.32 Å². The van der Waals surface area contributed by atoms with Crippen molar-refractivity contribution in [2.24, 2.45) is 0 Å². The summed E-state index contributed by atoms with van der Waals surface area (Å²) in [5.74, 6) is -4.98. The fourth-order valence-electron chi connectivity index (χ4n) is 1.75. The van der Waals surface area contributed by atoms with Gasteiger partial charge >= 0.3 is 12.4 Å². The molecule has 20 heavy (non-hydrogen) atoms. The Balaban J connectivity index is 2.04. The van der Waals surface area contributed by atoms with E-state index in [9.17, 15) is 26.3 Å². The van der Waals surface area contributed by atoms with E-state index in [1.165, 1.54) is 0 Å². The largest absolute Gasteiger partial charge is 0.445 e. The number of aromatic nitrogens is 1. The predicted molar refractivity (Wildman–Crippen MR) is 56.1 cm³/mol. The third kappa shape index (κ3) is 3.87. The average molecular weight is 302 g/mol. The zero-order valence-corrected chi connectivity index (χ0v) is 10.2. The van der Waals surface area contributed by atoms with Crippen molar-refractivity contribution < 1.29 is 30.8 Å². The zero-order chi connectivity index (χ0) is 15.0. The van der Waals surface area contributed by atoms with Gasteiger partial charge in [0.1, 0.15) is 5.76 Å². The summed E-state index contributed by atoms with van der Waals surface area (Å²) >= 11 is 0. The summed E-state index contributed by atoms with van der Waals surface area (Å²) in [7, 11) is 0. The summed E-state index contributed by atoms with van der Waals surface area (Å²) in [5, 5.41) is 3.06. The molecule has 1 aromatic heterocycles. The number of oxazole rings is 1. The van der Waals surface area contributed by atoms with E-state index in [0.29, 0.717) is 18.8 Å². The summed E-state index contributed by atoms with van der Waals surface area (Å²) in [6.07, 6.45) is -8.21. The average Bonchev–Trinajstić information content (AvgIpc) is 2.95. The lowest BCUT2D eigenvalue weighted by Crippen LogP contribution is -2.33. The molecule has 0 aliphatic heterocycles. The summed E-state index contributed by atoms with van der Waals surface area (Å²) in [5.41, 5.74) is 0. The van der Waals surface area contributed by atoms with Gasteiger partial charge in [-0.3, -0.25) is 0 Å². The van der Waals surface area contributed by atoms with E-state index in [0.717, 1.165) is 12.8 Å². The molecule has 0 atom stereocenters. The van der Waals surface area contributed by atoms with Crippen LogP contribution >= 0.6 is 0 Å². The first-order valence-electron chi connectivity index (χ1n) is 5.99. The highest BCUT2D eigenvalue weighted by Gasteiger charge is 2.59. The third-order valence-corrected chi connectivity index (χ3v) is 2.86. The molecule has 9 heteroatoms. The molecule has 0 amide bonds. The van der Waals surface area contributed by atoms with Gasteiger partial charge in [-0.15, -0.1) is 0 Å². The molecule has 0 bridgehead atoms. The Hall–Kier alpha value is -1.25. The van der Waals surface area contributed by atoms with E-state index in [4.69, 9.17) is 0 Å². The second-order valence-electron chi connectivity index (χ2n) is 4.65. The van der Waals surface area contributed by atoms with Gasteiger partial charge in [0, 0.05) is 19.0 Å². The fraction of sp³-hybridized carbons (Fsp3) is 0.727. The highest BCUT2D eigenvalue weighted by atomic mass is 19.4. The van der Waals surface area contributed by atoms with Crippen LogP contribution in [0.1, 0.15) is 30.4 Å². The van der Waals surface area contributed by atoms with Gasteiger partial charge in [-0.2, -0.15) is 26.3 Å². The lowest BCUT2D eigenvalue weighted by Gasteiger charge is -2.20. The molecule has 2 rings (SSSR count). The van der Waals surface area contributed by atoms with E-state index < -0.39 is 24.0 Å². The van der Waals surface area contributed by atoms with E-state index in [1.807, 2.05) is 0 Å². The molecule has 1 fully saturated rings. The van der Waals surface area contributed by atoms with Crippen molar-refractivity contribution in [2.75, 3.05) is 6.54 Å². The molecule has 1 saturated carbocycles. The van der Waals surface area contributed by atoms with Crippen LogP contribution in [0.3, 0.4) is 0 Å². The second-order valence-corrected chi connectivity index (χ2v) is 4.65. The first-order valence-corrected chi connectivity index (χ1v) is 5.99. The van der Waals surface area contributed by atoms with Gasteiger partial charge in [0.15, 0.2) is 5.89 Å². The number of nitrogens with one attached hydrogen (secondary N) is 1. The molecule has 1 aromatic rings. The predicted octanol–water partition coefficient (Wildman–Crippen LogP) is 3.18. The summed E-state index contributed by atoms with van der Waals surface area (Å²) < 4.78 is 79.4. The molecule has 1 aliphatic rings. The molecule has 3 nitrogen and oxygen atoms in total. The highest BCUT2D eigenvalue weighted by molar-refractivity contribution is 5.08. The number of nitrogens with zero attached hydrogens (tertiary/aromatic N) is 1. The van der Waals surface area contributed by atoms with Crippen LogP contribution in [0.25, 0.3) is 0 Å². The Morgan fingerprint density at radius 3 is 2.30 bits per heavy atom. The van der Waals surface area contributed by atoms with Gasteiger partial charge in [-0.05, 0) is 12.8 Å². The molecular weight excluding hydrogens is 290 g/mol. The molecule has 114 valence electrons. The van der Waals surface area contributed by atoms with Crippen molar-refractivity contribution >= 4 is 0 Å². The maximum Gasteiger partial charge on any atom is 0.407 e. The fourth-order valence-corrected chi connectivity index (χ4v) is 1.75. The summed E-state index contributed by atoms with van der Waals surface area (Å²) in [6, 6.07) is 0.391. The molecule has 0 radical (unpaired) electrons. The number of halogens is 6. The van der Waals surface area contributed by atoms with Crippen molar-refractivity contribution in [1.29, 1.82) is 0 Å². The maximum atomic E-state index is 12.5. The summed E-state index contributed by atoms with van der Waals surface area (Å²) in [4.78, 5) is 3.47. The molecular formula is C11H12F6N2O. The van der Waals surface area contributed by atoms with Crippen LogP contribution in [0.5, 0.6) is 0 Å². The Morgan fingerprint density at radius 2 is 1.80 bits per heavy atom. The minimum Gasteiger partial charge on any atom is -0.445 e. The van der Waals surface area contributed by atoms with Gasteiger partial charge < -0.3 is 9.73 Å². The Labute approximate surface area is 110 Å². The molecule has 0 saturated heterocycles. The lowest BCUT2D eigenvalue weighted by molar-refractivity contribution is -0.257. The number of alkyl halides is 6. The van der Waals surface area contributed by atoms with Gasteiger partial charge in [-0.25, -0.2) is 4.98 Å². The topological polar surface area (TPSA) is 38.1 Å². The highest BCUT2D eigenvalue weighted by Crippen LogP contribution is 2.46. The van der Waals surface area contributed by atoms with Crippen LogP contribution in [0.15, 0.2) is 10.6 Å². The monoisotopic (exact) mass is 302 g/mol. The van der Waals surface area contributed by atoms with Gasteiger partial charge in [-0.1, -0.05) is 0 Å². The minimum atomic E-state index is -5.46. The number of rotatable bonds is 5. The van der Waals surface area contributed by atoms with Crippen LogP contribution in [-0.4, -0.2) is 29.9 Å². The van der Waals surface area contributed by atoms with Crippen molar-refractivity contribution in [3.63, 3.8) is 0 Å². The van der Waals surface area contributed by atoms with Crippen molar-refractivity contribution in [3.05, 3.63) is 17.8 Å². The minimum absolute atomic E-state index is 0.133. The van der Waals surface area contributed by atoms with E-state index in [-0.39, 0.29) is 12.3 Å². The first-order chi connectivity index (χ1) is 9.18. The maximum absolute atomic E-state index is 12.5. The third-order valence-electron chi connectivity index (χ3n) is 2.86. The van der Waals surface area contributed by atoms with E-state index in [1.54, 1.807) is 0 Å². The van der Waals surface area contributed by atoms with Crippen LogP contribution in [-0.2, 0) is 6.42 Å².